The van der Waals surface area contributed by atoms with Crippen molar-refractivity contribution in [3.05, 3.63) is 58.7 Å². The molecule has 0 aliphatic rings. The Hall–Kier alpha value is -2.65. The van der Waals surface area contributed by atoms with Gasteiger partial charge in [-0.05, 0) is 41.2 Å². The third-order valence-electron chi connectivity index (χ3n) is 5.59. The number of aliphatic hydroxyl groups excluding tert-OH is 4. The number of rotatable bonds is 12. The highest BCUT2D eigenvalue weighted by molar-refractivity contribution is 5.80. The predicted octanol–water partition coefficient (Wildman–Crippen LogP) is 3.24. The van der Waals surface area contributed by atoms with Gasteiger partial charge in [0, 0.05) is 30.2 Å². The van der Waals surface area contributed by atoms with Crippen LogP contribution in [0.15, 0.2) is 30.3 Å². The van der Waals surface area contributed by atoms with Gasteiger partial charge < -0.3 is 25.5 Å². The van der Waals surface area contributed by atoms with Gasteiger partial charge >= 0.3 is 5.97 Å². The molecule has 1 heterocycles. The van der Waals surface area contributed by atoms with Crippen molar-refractivity contribution in [1.82, 2.24) is 4.98 Å². The van der Waals surface area contributed by atoms with Crippen molar-refractivity contribution in [2.24, 2.45) is 0 Å². The molecule has 2 rings (SSSR count). The number of aliphatic carboxylic acids is 1. The number of aliphatic hydroxyl groups is 4. The van der Waals surface area contributed by atoms with Gasteiger partial charge in [0.2, 0.25) is 0 Å². The molecule has 0 aliphatic heterocycles. The molecule has 0 amide bonds. The minimum absolute atomic E-state index is 0.0404. The molecule has 7 nitrogen and oxygen atoms in total. The SMILES string of the molecule is CC(C)c1nc([C@H](C)CO)c(CCO)c(-c2ccc(F)cc2)c1/C=C/[C@@H](O)C[C@@H](O)CC(=O)O. The maximum Gasteiger partial charge on any atom is 0.305 e. The van der Waals surface area contributed by atoms with Gasteiger partial charge in [-0.25, -0.2) is 4.39 Å². The molecule has 186 valence electrons. The van der Waals surface area contributed by atoms with Crippen LogP contribution in [0.25, 0.3) is 17.2 Å². The van der Waals surface area contributed by atoms with E-state index < -0.39 is 30.4 Å². The van der Waals surface area contributed by atoms with Crippen molar-refractivity contribution in [3.8, 4) is 11.1 Å². The monoisotopic (exact) mass is 475 g/mol. The summed E-state index contributed by atoms with van der Waals surface area (Å²) >= 11 is 0. The van der Waals surface area contributed by atoms with Crippen molar-refractivity contribution in [2.75, 3.05) is 13.2 Å². The molecule has 8 heteroatoms. The van der Waals surface area contributed by atoms with Crippen molar-refractivity contribution < 1.29 is 34.7 Å². The second-order valence-electron chi connectivity index (χ2n) is 8.78. The van der Waals surface area contributed by atoms with E-state index in [1.54, 1.807) is 18.2 Å². The van der Waals surface area contributed by atoms with Gasteiger partial charge in [0.05, 0.1) is 30.9 Å². The maximum atomic E-state index is 13.7. The number of carbonyl (C=O) groups is 1. The van der Waals surface area contributed by atoms with E-state index >= 15 is 0 Å². The minimum Gasteiger partial charge on any atom is -0.481 e. The first kappa shape index (κ1) is 27.6. The normalized spacial score (nSPS) is 14.5. The molecule has 0 aliphatic carbocycles. The summed E-state index contributed by atoms with van der Waals surface area (Å²) in [5.41, 5.74) is 4.16. The maximum absolute atomic E-state index is 13.7. The van der Waals surface area contributed by atoms with Gasteiger partial charge in [0.1, 0.15) is 5.82 Å². The lowest BCUT2D eigenvalue weighted by Crippen LogP contribution is -2.19. The Morgan fingerprint density at radius 3 is 2.26 bits per heavy atom. The van der Waals surface area contributed by atoms with Crippen LogP contribution in [0.1, 0.15) is 68.0 Å². The zero-order valence-electron chi connectivity index (χ0n) is 19.8. The highest BCUT2D eigenvalue weighted by Gasteiger charge is 2.24. The van der Waals surface area contributed by atoms with Crippen LogP contribution in [0.5, 0.6) is 0 Å². The number of hydrogen-bond acceptors (Lipinski definition) is 6. The topological polar surface area (TPSA) is 131 Å². The van der Waals surface area contributed by atoms with Crippen molar-refractivity contribution in [3.63, 3.8) is 0 Å². The Bertz CT molecular complexity index is 990. The number of carboxylic acid groups (broad SMARTS) is 1. The quantitative estimate of drug-likeness (QED) is 0.318. The summed E-state index contributed by atoms with van der Waals surface area (Å²) in [4.78, 5) is 15.6. The predicted molar refractivity (Wildman–Crippen MR) is 128 cm³/mol. The number of hydrogen-bond donors (Lipinski definition) is 5. The summed E-state index contributed by atoms with van der Waals surface area (Å²) in [6.45, 7) is 5.46. The third-order valence-corrected chi connectivity index (χ3v) is 5.59. The van der Waals surface area contributed by atoms with E-state index in [4.69, 9.17) is 10.1 Å². The largest absolute Gasteiger partial charge is 0.481 e. The zero-order valence-corrected chi connectivity index (χ0v) is 19.8. The van der Waals surface area contributed by atoms with E-state index in [9.17, 15) is 29.6 Å². The highest BCUT2D eigenvalue weighted by Crippen LogP contribution is 2.37. The molecule has 0 spiro atoms. The Balaban J connectivity index is 2.72. The first-order valence-corrected chi connectivity index (χ1v) is 11.4. The number of carboxylic acids is 1. The third kappa shape index (κ3) is 7.17. The van der Waals surface area contributed by atoms with Gasteiger partial charge in [-0.3, -0.25) is 9.78 Å². The average molecular weight is 476 g/mol. The fourth-order valence-corrected chi connectivity index (χ4v) is 3.94. The standard InChI is InChI=1S/C26H34FNO6/c1-15(2)25-21(9-8-19(31)12-20(32)13-23(33)34)24(17-4-6-18(27)7-5-17)22(10-11-29)26(28-25)16(3)14-30/h4-9,15-16,19-20,29-32H,10-14H2,1-3H3,(H,33,34)/b9-8+/t16-,19-,20-/m1/s1. The van der Waals surface area contributed by atoms with Crippen LogP contribution in [0.2, 0.25) is 0 Å². The minimum atomic E-state index is -1.20. The average Bonchev–Trinajstić information content (AvgIpc) is 2.77. The number of nitrogens with zero attached hydrogens (tertiary/aromatic N) is 1. The second kappa shape index (κ2) is 12.7. The summed E-state index contributed by atoms with van der Waals surface area (Å²) in [5, 5.41) is 48.7. The second-order valence-corrected chi connectivity index (χ2v) is 8.78. The van der Waals surface area contributed by atoms with E-state index in [-0.39, 0.29) is 37.9 Å². The van der Waals surface area contributed by atoms with E-state index in [0.717, 1.165) is 11.1 Å². The molecular weight excluding hydrogens is 441 g/mol. The first-order valence-electron chi connectivity index (χ1n) is 11.4. The molecule has 0 saturated carbocycles. The molecule has 0 bridgehead atoms. The number of benzene rings is 1. The van der Waals surface area contributed by atoms with Gasteiger partial charge in [-0.1, -0.05) is 45.1 Å². The smallest absolute Gasteiger partial charge is 0.305 e. The lowest BCUT2D eigenvalue weighted by atomic mass is 9.85. The zero-order chi connectivity index (χ0) is 25.4. The highest BCUT2D eigenvalue weighted by atomic mass is 19.1. The Morgan fingerprint density at radius 2 is 1.74 bits per heavy atom. The fourth-order valence-electron chi connectivity index (χ4n) is 3.94. The number of aromatic nitrogens is 1. The molecule has 1 aromatic heterocycles. The molecule has 0 unspecified atom stereocenters. The van der Waals surface area contributed by atoms with Crippen LogP contribution in [0.4, 0.5) is 4.39 Å². The Labute approximate surface area is 199 Å². The van der Waals surface area contributed by atoms with E-state index in [2.05, 4.69) is 0 Å². The van der Waals surface area contributed by atoms with Crippen LogP contribution in [-0.4, -0.2) is 61.9 Å². The van der Waals surface area contributed by atoms with Crippen LogP contribution < -0.4 is 0 Å². The molecular formula is C26H34FNO6. The van der Waals surface area contributed by atoms with Gasteiger partial charge in [0.15, 0.2) is 0 Å². The van der Waals surface area contributed by atoms with Gasteiger partial charge in [-0.15, -0.1) is 0 Å². The van der Waals surface area contributed by atoms with E-state index in [0.29, 0.717) is 22.5 Å². The van der Waals surface area contributed by atoms with Crippen LogP contribution in [0, 0.1) is 5.82 Å². The Morgan fingerprint density at radius 1 is 1.09 bits per heavy atom. The van der Waals surface area contributed by atoms with E-state index in [1.165, 1.54) is 18.2 Å². The molecule has 0 saturated heterocycles. The molecule has 2 aromatic rings. The molecule has 3 atom stereocenters. The summed E-state index contributed by atoms with van der Waals surface area (Å²) in [6.07, 6.45) is 0.480. The lowest BCUT2D eigenvalue weighted by Gasteiger charge is -2.24. The van der Waals surface area contributed by atoms with Crippen LogP contribution >= 0.6 is 0 Å². The fraction of sp³-hybridized carbons (Fsp3) is 0.462. The number of pyridine rings is 1. The van der Waals surface area contributed by atoms with E-state index in [1.807, 2.05) is 20.8 Å². The summed E-state index contributed by atoms with van der Waals surface area (Å²) in [7, 11) is 0. The molecule has 34 heavy (non-hydrogen) atoms. The molecule has 0 radical (unpaired) electrons. The van der Waals surface area contributed by atoms with Crippen molar-refractivity contribution in [1.29, 1.82) is 0 Å². The molecule has 5 N–H and O–H groups in total. The van der Waals surface area contributed by atoms with Crippen molar-refractivity contribution >= 4 is 12.0 Å². The number of halogens is 1. The van der Waals surface area contributed by atoms with Gasteiger partial charge in [0.25, 0.3) is 0 Å². The first-order chi connectivity index (χ1) is 16.1. The summed E-state index contributed by atoms with van der Waals surface area (Å²) in [5.74, 6) is -1.89. The van der Waals surface area contributed by atoms with Gasteiger partial charge in [-0.2, -0.15) is 0 Å². The van der Waals surface area contributed by atoms with Crippen LogP contribution in [0.3, 0.4) is 0 Å². The summed E-state index contributed by atoms with van der Waals surface area (Å²) in [6, 6.07) is 5.95. The Kier molecular flexibility index (Phi) is 10.3. The summed E-state index contributed by atoms with van der Waals surface area (Å²) < 4.78 is 13.7. The van der Waals surface area contributed by atoms with Crippen LogP contribution in [-0.2, 0) is 11.2 Å². The molecule has 0 fully saturated rings. The van der Waals surface area contributed by atoms with Crippen molar-refractivity contribution in [2.45, 2.75) is 64.1 Å². The lowest BCUT2D eigenvalue weighted by molar-refractivity contribution is -0.139. The molecule has 1 aromatic carbocycles.